The molecule has 0 saturated carbocycles. The Bertz CT molecular complexity index is 723. The van der Waals surface area contributed by atoms with E-state index in [0.717, 1.165) is 30.6 Å². The van der Waals surface area contributed by atoms with Crippen LogP contribution in [0.3, 0.4) is 0 Å². The summed E-state index contributed by atoms with van der Waals surface area (Å²) in [6.45, 7) is 7.72. The minimum absolute atomic E-state index is 0.0825. The molecule has 2 N–H and O–H groups in total. The Hall–Kier alpha value is -2.30. The molecular formula is C19H25N3O2. The van der Waals surface area contributed by atoms with E-state index in [-0.39, 0.29) is 11.9 Å². The molecule has 0 saturated heterocycles. The van der Waals surface area contributed by atoms with Crippen molar-refractivity contribution in [1.29, 1.82) is 0 Å². The summed E-state index contributed by atoms with van der Waals surface area (Å²) in [5, 5.41) is 0. The highest BCUT2D eigenvalue weighted by Gasteiger charge is 2.55. The number of guanidine groups is 1. The van der Waals surface area contributed by atoms with Crippen molar-refractivity contribution in [1.82, 2.24) is 4.90 Å². The van der Waals surface area contributed by atoms with Crippen LogP contribution >= 0.6 is 0 Å². The molecule has 0 aromatic heterocycles. The van der Waals surface area contributed by atoms with E-state index in [1.807, 2.05) is 26.0 Å². The number of benzene rings is 1. The zero-order chi connectivity index (χ0) is 17.5. The summed E-state index contributed by atoms with van der Waals surface area (Å²) >= 11 is 0. The van der Waals surface area contributed by atoms with Crippen LogP contribution in [0.4, 0.5) is 0 Å². The number of hydrogen-bond acceptors (Lipinski definition) is 4. The third kappa shape index (κ3) is 2.58. The number of hydrogen-bond donors (Lipinski definition) is 1. The molecule has 0 fully saturated rings. The molecule has 3 rings (SSSR count). The number of nitrogens with zero attached hydrogens (tertiary/aromatic N) is 2. The van der Waals surface area contributed by atoms with E-state index in [9.17, 15) is 4.79 Å². The Labute approximate surface area is 143 Å². The molecule has 5 heteroatoms. The van der Waals surface area contributed by atoms with Crippen molar-refractivity contribution in [3.05, 3.63) is 42.0 Å². The average Bonchev–Trinajstić information content (AvgIpc) is 2.72. The molecular weight excluding hydrogens is 302 g/mol. The van der Waals surface area contributed by atoms with Gasteiger partial charge >= 0.3 is 0 Å². The highest BCUT2D eigenvalue weighted by Crippen LogP contribution is 2.49. The minimum Gasteiger partial charge on any atom is -0.487 e. The lowest BCUT2D eigenvalue weighted by atomic mass is 9.77. The fourth-order valence-electron chi connectivity index (χ4n) is 3.63. The number of carbonyl (C=O) groups excluding carboxylic acids is 1. The van der Waals surface area contributed by atoms with Gasteiger partial charge in [0.15, 0.2) is 11.5 Å². The average molecular weight is 327 g/mol. The number of aliphatic imine (C=N–C) groups is 1. The smallest absolute Gasteiger partial charge is 0.261 e. The summed E-state index contributed by atoms with van der Waals surface area (Å²) in [6, 6.07) is 6.08. The van der Waals surface area contributed by atoms with E-state index >= 15 is 0 Å². The third-order valence-corrected chi connectivity index (χ3v) is 4.74. The minimum atomic E-state index is -0.968. The summed E-state index contributed by atoms with van der Waals surface area (Å²) in [6.07, 6.45) is 5.33. The molecule has 1 amide bonds. The summed E-state index contributed by atoms with van der Waals surface area (Å²) < 4.78 is 6.11. The maximum Gasteiger partial charge on any atom is 0.261 e. The zero-order valence-corrected chi connectivity index (χ0v) is 14.6. The molecule has 0 bridgehead atoms. The second kappa shape index (κ2) is 5.65. The van der Waals surface area contributed by atoms with E-state index in [0.29, 0.717) is 6.42 Å². The fraction of sp³-hybridized carbons (Fsp3) is 0.474. The predicted octanol–water partition coefficient (Wildman–Crippen LogP) is 2.74. The van der Waals surface area contributed by atoms with Gasteiger partial charge in [0.25, 0.3) is 5.91 Å². The Morgan fingerprint density at radius 3 is 2.83 bits per heavy atom. The number of unbranched alkanes of at least 4 members (excludes halogenated alkanes) is 1. The highest BCUT2D eigenvalue weighted by molar-refractivity contribution is 6.07. The lowest BCUT2D eigenvalue weighted by molar-refractivity contribution is -0.133. The summed E-state index contributed by atoms with van der Waals surface area (Å²) in [5.74, 6) is 0.903. The number of amides is 1. The van der Waals surface area contributed by atoms with Crippen molar-refractivity contribution in [2.24, 2.45) is 10.7 Å². The lowest BCUT2D eigenvalue weighted by Gasteiger charge is -2.41. The number of carbonyl (C=O) groups is 1. The first-order valence-electron chi connectivity index (χ1n) is 8.36. The largest absolute Gasteiger partial charge is 0.487 e. The van der Waals surface area contributed by atoms with Gasteiger partial charge in [0.05, 0.1) is 0 Å². The van der Waals surface area contributed by atoms with Gasteiger partial charge in [-0.3, -0.25) is 9.69 Å². The van der Waals surface area contributed by atoms with E-state index in [1.54, 1.807) is 7.05 Å². The molecule has 0 radical (unpaired) electrons. The van der Waals surface area contributed by atoms with Gasteiger partial charge in [-0.25, -0.2) is 4.99 Å². The van der Waals surface area contributed by atoms with Gasteiger partial charge in [0, 0.05) is 19.0 Å². The lowest BCUT2D eigenvalue weighted by Crippen LogP contribution is -2.49. The van der Waals surface area contributed by atoms with Crippen LogP contribution in [0.25, 0.3) is 0 Å². The van der Waals surface area contributed by atoms with Gasteiger partial charge < -0.3 is 10.5 Å². The van der Waals surface area contributed by atoms with Crippen LogP contribution in [0.1, 0.15) is 44.2 Å². The molecule has 1 unspecified atom stereocenters. The molecule has 2 heterocycles. The molecule has 5 nitrogen and oxygen atoms in total. The summed E-state index contributed by atoms with van der Waals surface area (Å²) in [5.41, 5.74) is 6.51. The van der Waals surface area contributed by atoms with Crippen molar-refractivity contribution in [2.75, 3.05) is 7.05 Å². The number of likely N-dealkylation sites (N-methyl/N-ethyl adjacent to an activating group) is 1. The SMILES string of the molecule is C=CCCCc1ccc2c(c1)C1(CC(C)(C)O2)N=C(N)N(C)C1=O. The first-order valence-corrected chi connectivity index (χ1v) is 8.36. The molecule has 2 aliphatic heterocycles. The highest BCUT2D eigenvalue weighted by atomic mass is 16.5. The zero-order valence-electron chi connectivity index (χ0n) is 14.6. The van der Waals surface area contributed by atoms with Crippen molar-refractivity contribution in [3.8, 4) is 5.75 Å². The van der Waals surface area contributed by atoms with Crippen molar-refractivity contribution >= 4 is 11.9 Å². The van der Waals surface area contributed by atoms with Crippen LogP contribution in [0, 0.1) is 0 Å². The monoisotopic (exact) mass is 327 g/mol. The van der Waals surface area contributed by atoms with Gasteiger partial charge in [-0.05, 0) is 50.8 Å². The summed E-state index contributed by atoms with van der Waals surface area (Å²) in [7, 11) is 1.67. The van der Waals surface area contributed by atoms with Gasteiger partial charge in [-0.15, -0.1) is 6.58 Å². The number of nitrogens with two attached hydrogens (primary N) is 1. The molecule has 1 atom stereocenters. The van der Waals surface area contributed by atoms with E-state index < -0.39 is 11.1 Å². The Morgan fingerprint density at radius 1 is 1.46 bits per heavy atom. The van der Waals surface area contributed by atoms with Gasteiger partial charge in [0.1, 0.15) is 11.4 Å². The van der Waals surface area contributed by atoms with Crippen molar-refractivity contribution in [3.63, 3.8) is 0 Å². The molecule has 1 spiro atoms. The van der Waals surface area contributed by atoms with Crippen molar-refractivity contribution < 1.29 is 9.53 Å². The third-order valence-electron chi connectivity index (χ3n) is 4.74. The second-order valence-corrected chi connectivity index (χ2v) is 7.24. The van der Waals surface area contributed by atoms with Gasteiger partial charge in [0.2, 0.25) is 0 Å². The number of ether oxygens (including phenoxy) is 1. The van der Waals surface area contributed by atoms with E-state index in [2.05, 4.69) is 23.7 Å². The van der Waals surface area contributed by atoms with Crippen LogP contribution in [0.5, 0.6) is 5.75 Å². The Kier molecular flexibility index (Phi) is 3.90. The van der Waals surface area contributed by atoms with Gasteiger partial charge in [-0.1, -0.05) is 12.1 Å². The molecule has 24 heavy (non-hydrogen) atoms. The maximum atomic E-state index is 13.0. The van der Waals surface area contributed by atoms with E-state index in [1.165, 1.54) is 10.5 Å². The summed E-state index contributed by atoms with van der Waals surface area (Å²) in [4.78, 5) is 19.0. The first-order chi connectivity index (χ1) is 11.3. The van der Waals surface area contributed by atoms with Gasteiger partial charge in [-0.2, -0.15) is 0 Å². The maximum absolute atomic E-state index is 13.0. The number of allylic oxidation sites excluding steroid dienone is 1. The molecule has 1 aromatic rings. The predicted molar refractivity (Wildman–Crippen MR) is 95.0 cm³/mol. The standard InChI is InChI=1S/C19H25N3O2/c1-5-6-7-8-13-9-10-15-14(11-13)19(12-18(2,3)24-15)16(23)22(4)17(20)21-19/h5,9-11H,1,6-8,12H2,2-4H3,(H2,20,21). The fourth-order valence-corrected chi connectivity index (χ4v) is 3.63. The van der Waals surface area contributed by atoms with Crippen LogP contribution in [0.15, 0.2) is 35.8 Å². The number of fused-ring (bicyclic) bond motifs is 2. The molecule has 128 valence electrons. The van der Waals surface area contributed by atoms with Crippen LogP contribution in [-0.4, -0.2) is 29.4 Å². The van der Waals surface area contributed by atoms with Crippen molar-refractivity contribution in [2.45, 2.75) is 50.7 Å². The molecule has 0 aliphatic carbocycles. The number of rotatable bonds is 4. The molecule has 1 aromatic carbocycles. The van der Waals surface area contributed by atoms with Crippen LogP contribution < -0.4 is 10.5 Å². The van der Waals surface area contributed by atoms with Crippen LogP contribution in [0.2, 0.25) is 0 Å². The normalized spacial score (nSPS) is 24.5. The Balaban J connectivity index is 2.08. The second-order valence-electron chi connectivity index (χ2n) is 7.24. The quantitative estimate of drug-likeness (QED) is 0.683. The first kappa shape index (κ1) is 16.6. The van der Waals surface area contributed by atoms with E-state index in [4.69, 9.17) is 10.5 Å². The topological polar surface area (TPSA) is 67.9 Å². The van der Waals surface area contributed by atoms with Crippen LogP contribution in [-0.2, 0) is 16.8 Å². The molecule has 2 aliphatic rings. The Morgan fingerprint density at radius 2 is 2.21 bits per heavy atom. The number of aryl methyl sites for hydroxylation is 1.